The van der Waals surface area contributed by atoms with Crippen LogP contribution in [-0.4, -0.2) is 28.9 Å². The molecule has 1 fully saturated rings. The third-order valence-electron chi connectivity index (χ3n) is 2.30. The Bertz CT molecular complexity index is 256. The molecule has 1 heterocycles. The molecule has 1 aliphatic heterocycles. The van der Waals surface area contributed by atoms with Crippen molar-refractivity contribution in [2.45, 2.75) is 52.0 Å². The average Bonchev–Trinajstić information content (AvgIpc) is 2.26. The fourth-order valence-electron chi connectivity index (χ4n) is 1.59. The maximum atomic E-state index is 11.8. The lowest BCUT2D eigenvalue weighted by molar-refractivity contribution is -0.127. The van der Waals surface area contributed by atoms with Gasteiger partial charge < -0.3 is 5.32 Å². The quantitative estimate of drug-likeness (QED) is 0.666. The number of carbonyl (C=O) groups excluding carboxylic acids is 2. The van der Waals surface area contributed by atoms with Crippen molar-refractivity contribution in [2.24, 2.45) is 0 Å². The molecule has 0 bridgehead atoms. The standard InChI is InChI=1S/C11H20N2O2/c1-11(2,3)12-10(15)13-8-6-4-5-7-9(13)14/h4-8H2,1-3H3,(H,12,15). The molecule has 1 rings (SSSR count). The normalized spacial score (nSPS) is 18.6. The van der Waals surface area contributed by atoms with Gasteiger partial charge in [-0.05, 0) is 33.6 Å². The molecule has 3 amide bonds. The van der Waals surface area contributed by atoms with E-state index in [1.165, 1.54) is 4.90 Å². The first-order valence-corrected chi connectivity index (χ1v) is 5.53. The number of likely N-dealkylation sites (tertiary alicyclic amines) is 1. The van der Waals surface area contributed by atoms with Gasteiger partial charge in [0.15, 0.2) is 0 Å². The number of carbonyl (C=O) groups is 2. The van der Waals surface area contributed by atoms with E-state index in [4.69, 9.17) is 0 Å². The third-order valence-corrected chi connectivity index (χ3v) is 2.30. The minimum absolute atomic E-state index is 0.0470. The average molecular weight is 212 g/mol. The number of imide groups is 1. The summed E-state index contributed by atoms with van der Waals surface area (Å²) < 4.78 is 0. The van der Waals surface area contributed by atoms with E-state index in [2.05, 4.69) is 5.32 Å². The van der Waals surface area contributed by atoms with Gasteiger partial charge in [-0.2, -0.15) is 0 Å². The molecule has 0 unspecified atom stereocenters. The Balaban J connectivity index is 2.60. The first-order chi connectivity index (χ1) is 6.90. The van der Waals surface area contributed by atoms with Crippen molar-refractivity contribution in [3.63, 3.8) is 0 Å². The summed E-state index contributed by atoms with van der Waals surface area (Å²) in [5.74, 6) is -0.0470. The Kier molecular flexibility index (Phi) is 3.72. The van der Waals surface area contributed by atoms with Gasteiger partial charge in [-0.1, -0.05) is 6.42 Å². The highest BCUT2D eigenvalue weighted by Gasteiger charge is 2.25. The second-order valence-corrected chi connectivity index (χ2v) is 5.04. The van der Waals surface area contributed by atoms with E-state index in [1.54, 1.807) is 0 Å². The molecule has 0 aromatic rings. The molecule has 0 aromatic carbocycles. The predicted molar refractivity (Wildman–Crippen MR) is 58.5 cm³/mol. The first-order valence-electron chi connectivity index (χ1n) is 5.53. The molecule has 1 saturated heterocycles. The lowest BCUT2D eigenvalue weighted by Crippen LogP contribution is -2.50. The summed E-state index contributed by atoms with van der Waals surface area (Å²) in [6, 6.07) is -0.255. The Morgan fingerprint density at radius 2 is 1.93 bits per heavy atom. The van der Waals surface area contributed by atoms with Gasteiger partial charge in [-0.3, -0.25) is 9.69 Å². The molecule has 0 aliphatic carbocycles. The van der Waals surface area contributed by atoms with Gasteiger partial charge in [-0.25, -0.2) is 4.79 Å². The molecule has 4 heteroatoms. The predicted octanol–water partition coefficient (Wildman–Crippen LogP) is 1.90. The highest BCUT2D eigenvalue weighted by atomic mass is 16.2. The summed E-state index contributed by atoms with van der Waals surface area (Å²) >= 11 is 0. The summed E-state index contributed by atoms with van der Waals surface area (Å²) in [6.45, 7) is 6.29. The van der Waals surface area contributed by atoms with Crippen LogP contribution in [0.25, 0.3) is 0 Å². The van der Waals surface area contributed by atoms with Crippen molar-refractivity contribution >= 4 is 11.9 Å². The number of nitrogens with one attached hydrogen (secondary N) is 1. The zero-order valence-corrected chi connectivity index (χ0v) is 9.80. The van der Waals surface area contributed by atoms with Crippen LogP contribution in [-0.2, 0) is 4.79 Å². The number of hydrogen-bond donors (Lipinski definition) is 1. The van der Waals surface area contributed by atoms with Gasteiger partial charge in [0.25, 0.3) is 0 Å². The Morgan fingerprint density at radius 3 is 2.53 bits per heavy atom. The highest BCUT2D eigenvalue weighted by Crippen LogP contribution is 2.12. The third kappa shape index (κ3) is 3.90. The van der Waals surface area contributed by atoms with Gasteiger partial charge in [-0.15, -0.1) is 0 Å². The minimum Gasteiger partial charge on any atom is -0.333 e. The van der Waals surface area contributed by atoms with E-state index >= 15 is 0 Å². The van der Waals surface area contributed by atoms with E-state index in [0.29, 0.717) is 13.0 Å². The molecule has 1 aliphatic rings. The molecule has 4 nitrogen and oxygen atoms in total. The Hall–Kier alpha value is -1.06. The zero-order chi connectivity index (χ0) is 11.5. The van der Waals surface area contributed by atoms with Crippen LogP contribution < -0.4 is 5.32 Å². The summed E-state index contributed by atoms with van der Waals surface area (Å²) in [7, 11) is 0. The van der Waals surface area contributed by atoms with Crippen LogP contribution in [0, 0.1) is 0 Å². The maximum absolute atomic E-state index is 11.8. The van der Waals surface area contributed by atoms with Gasteiger partial charge in [0.1, 0.15) is 0 Å². The molecule has 0 aromatic heterocycles. The topological polar surface area (TPSA) is 49.4 Å². The number of rotatable bonds is 0. The molecular weight excluding hydrogens is 192 g/mol. The lowest BCUT2D eigenvalue weighted by Gasteiger charge is -2.26. The van der Waals surface area contributed by atoms with Gasteiger partial charge in [0.2, 0.25) is 5.91 Å². The fourth-order valence-corrected chi connectivity index (χ4v) is 1.59. The van der Waals surface area contributed by atoms with E-state index in [1.807, 2.05) is 20.8 Å². The smallest absolute Gasteiger partial charge is 0.324 e. The first kappa shape index (κ1) is 12.0. The van der Waals surface area contributed by atoms with Crippen LogP contribution in [0.4, 0.5) is 4.79 Å². The number of nitrogens with zero attached hydrogens (tertiary/aromatic N) is 1. The van der Waals surface area contributed by atoms with Crippen molar-refractivity contribution in [3.8, 4) is 0 Å². The summed E-state index contributed by atoms with van der Waals surface area (Å²) in [5, 5.41) is 2.81. The van der Waals surface area contributed by atoms with E-state index < -0.39 is 0 Å². The van der Waals surface area contributed by atoms with Crippen molar-refractivity contribution in [1.82, 2.24) is 10.2 Å². The molecule has 15 heavy (non-hydrogen) atoms. The van der Waals surface area contributed by atoms with Crippen molar-refractivity contribution in [1.29, 1.82) is 0 Å². The Labute approximate surface area is 91.0 Å². The van der Waals surface area contributed by atoms with Crippen molar-refractivity contribution < 1.29 is 9.59 Å². The summed E-state index contributed by atoms with van der Waals surface area (Å²) in [5.41, 5.74) is -0.288. The summed E-state index contributed by atoms with van der Waals surface area (Å²) in [4.78, 5) is 24.7. The van der Waals surface area contributed by atoms with Crippen molar-refractivity contribution in [2.75, 3.05) is 6.54 Å². The maximum Gasteiger partial charge on any atom is 0.324 e. The Morgan fingerprint density at radius 1 is 1.27 bits per heavy atom. The summed E-state index contributed by atoms with van der Waals surface area (Å²) in [6.07, 6.45) is 3.35. The van der Waals surface area contributed by atoms with Gasteiger partial charge in [0.05, 0.1) is 0 Å². The molecule has 86 valence electrons. The van der Waals surface area contributed by atoms with Gasteiger partial charge in [0, 0.05) is 18.5 Å². The van der Waals surface area contributed by atoms with Crippen LogP contribution in [0.3, 0.4) is 0 Å². The van der Waals surface area contributed by atoms with Crippen LogP contribution >= 0.6 is 0 Å². The molecule has 0 atom stereocenters. The van der Waals surface area contributed by atoms with E-state index in [0.717, 1.165) is 19.3 Å². The van der Waals surface area contributed by atoms with Gasteiger partial charge >= 0.3 is 6.03 Å². The monoisotopic (exact) mass is 212 g/mol. The zero-order valence-electron chi connectivity index (χ0n) is 9.80. The van der Waals surface area contributed by atoms with Crippen LogP contribution in [0.2, 0.25) is 0 Å². The van der Waals surface area contributed by atoms with Crippen LogP contribution in [0.1, 0.15) is 46.5 Å². The van der Waals surface area contributed by atoms with Crippen molar-refractivity contribution in [3.05, 3.63) is 0 Å². The molecule has 1 N–H and O–H groups in total. The number of hydrogen-bond acceptors (Lipinski definition) is 2. The second kappa shape index (κ2) is 4.64. The molecular formula is C11H20N2O2. The number of amides is 3. The largest absolute Gasteiger partial charge is 0.333 e. The number of urea groups is 1. The SMILES string of the molecule is CC(C)(C)NC(=O)N1CCCCCC1=O. The van der Waals surface area contributed by atoms with E-state index in [-0.39, 0.29) is 17.5 Å². The fraction of sp³-hybridized carbons (Fsp3) is 0.818. The molecule has 0 spiro atoms. The molecule has 0 saturated carbocycles. The molecule has 0 radical (unpaired) electrons. The van der Waals surface area contributed by atoms with E-state index in [9.17, 15) is 9.59 Å². The second-order valence-electron chi connectivity index (χ2n) is 5.04. The van der Waals surface area contributed by atoms with Crippen LogP contribution in [0.5, 0.6) is 0 Å². The minimum atomic E-state index is -0.288. The lowest BCUT2D eigenvalue weighted by atomic mass is 10.1. The van der Waals surface area contributed by atoms with Crippen LogP contribution in [0.15, 0.2) is 0 Å². The highest BCUT2D eigenvalue weighted by molar-refractivity contribution is 5.94.